The van der Waals surface area contributed by atoms with Crippen molar-refractivity contribution >= 4 is 5.78 Å². The zero-order valence-electron chi connectivity index (χ0n) is 13.9. The lowest BCUT2D eigenvalue weighted by Crippen LogP contribution is -2.14. The molecule has 3 aromatic heterocycles. The molecule has 0 saturated carbocycles. The number of rotatable bonds is 3. The molecule has 0 unspecified atom stereocenters. The quantitative estimate of drug-likeness (QED) is 0.666. The van der Waals surface area contributed by atoms with E-state index in [1.807, 2.05) is 13.0 Å². The van der Waals surface area contributed by atoms with E-state index in [2.05, 4.69) is 19.9 Å². The minimum Gasteiger partial charge on any atom is -0.283 e. The Hall–Kier alpha value is -3.16. The minimum atomic E-state index is -4.57. The standard InChI is InChI=1S/C18H13F3N4O/c1-10-3-6-14(22-7-10)13-5-4-11(2)25-15(13)16(26)17-23-8-12(9-24-17)18(19,20)21/h3-9H,1-2H3. The van der Waals surface area contributed by atoms with Crippen molar-refractivity contribution in [3.8, 4) is 11.3 Å². The van der Waals surface area contributed by atoms with Gasteiger partial charge >= 0.3 is 6.18 Å². The number of hydrogen-bond donors (Lipinski definition) is 0. The first-order valence-corrected chi connectivity index (χ1v) is 7.60. The predicted octanol–water partition coefficient (Wildman–Crippen LogP) is 3.80. The molecule has 0 saturated heterocycles. The predicted molar refractivity (Wildman–Crippen MR) is 87.4 cm³/mol. The summed E-state index contributed by atoms with van der Waals surface area (Å²) in [5.74, 6) is -1.02. The van der Waals surface area contributed by atoms with Crippen LogP contribution in [0.4, 0.5) is 13.2 Å². The molecule has 132 valence electrons. The zero-order valence-corrected chi connectivity index (χ0v) is 13.9. The molecule has 0 radical (unpaired) electrons. The fourth-order valence-corrected chi connectivity index (χ4v) is 2.26. The third-order valence-electron chi connectivity index (χ3n) is 3.62. The molecule has 3 heterocycles. The number of carbonyl (C=O) groups excluding carboxylic acids is 1. The van der Waals surface area contributed by atoms with Crippen LogP contribution in [0.3, 0.4) is 0 Å². The Balaban J connectivity index is 2.04. The van der Waals surface area contributed by atoms with E-state index in [4.69, 9.17) is 0 Å². The summed E-state index contributed by atoms with van der Waals surface area (Å²) < 4.78 is 37.9. The first kappa shape index (κ1) is 17.7. The van der Waals surface area contributed by atoms with Gasteiger partial charge in [0, 0.05) is 29.8 Å². The maximum absolute atomic E-state index is 12.7. The van der Waals surface area contributed by atoms with Crippen LogP contribution >= 0.6 is 0 Å². The van der Waals surface area contributed by atoms with E-state index in [0.29, 0.717) is 29.3 Å². The SMILES string of the molecule is Cc1ccc(-c2ccc(C)nc2C(=O)c2ncc(C(F)(F)F)cn2)nc1. The van der Waals surface area contributed by atoms with Crippen LogP contribution in [0.5, 0.6) is 0 Å². The van der Waals surface area contributed by atoms with Crippen LogP contribution in [0.25, 0.3) is 11.3 Å². The lowest BCUT2D eigenvalue weighted by atomic mass is 10.0. The summed E-state index contributed by atoms with van der Waals surface area (Å²) >= 11 is 0. The number of pyridine rings is 2. The molecule has 0 aliphatic rings. The van der Waals surface area contributed by atoms with Gasteiger partial charge in [0.15, 0.2) is 0 Å². The average molecular weight is 358 g/mol. The van der Waals surface area contributed by atoms with Crippen molar-refractivity contribution < 1.29 is 18.0 Å². The Labute approximate surface area is 147 Å². The van der Waals surface area contributed by atoms with Crippen LogP contribution in [0.1, 0.15) is 33.1 Å². The summed E-state index contributed by atoms with van der Waals surface area (Å²) in [6.07, 6.45) is -1.75. The van der Waals surface area contributed by atoms with Crippen molar-refractivity contribution in [2.75, 3.05) is 0 Å². The summed E-state index contributed by atoms with van der Waals surface area (Å²) in [5, 5.41) is 0. The van der Waals surface area contributed by atoms with Gasteiger partial charge in [-0.05, 0) is 37.6 Å². The largest absolute Gasteiger partial charge is 0.419 e. The molecule has 8 heteroatoms. The lowest BCUT2D eigenvalue weighted by Gasteiger charge is -2.09. The molecular formula is C18H13F3N4O. The van der Waals surface area contributed by atoms with E-state index in [0.717, 1.165) is 5.56 Å². The molecule has 0 aromatic carbocycles. The smallest absolute Gasteiger partial charge is 0.283 e. The van der Waals surface area contributed by atoms with E-state index in [1.165, 1.54) is 0 Å². The summed E-state index contributed by atoms with van der Waals surface area (Å²) in [6.45, 7) is 3.59. The highest BCUT2D eigenvalue weighted by Gasteiger charge is 2.32. The molecule has 26 heavy (non-hydrogen) atoms. The first-order valence-electron chi connectivity index (χ1n) is 7.60. The molecule has 0 atom stereocenters. The summed E-state index contributed by atoms with van der Waals surface area (Å²) in [4.78, 5) is 28.3. The van der Waals surface area contributed by atoms with Crippen LogP contribution in [-0.2, 0) is 6.18 Å². The molecule has 0 amide bonds. The Morgan fingerprint density at radius 3 is 2.19 bits per heavy atom. The molecule has 3 aromatic rings. The number of carbonyl (C=O) groups is 1. The molecule has 0 aliphatic heterocycles. The summed E-state index contributed by atoms with van der Waals surface area (Å²) in [6, 6.07) is 7.00. The molecule has 0 spiro atoms. The second kappa shape index (κ2) is 6.62. The maximum Gasteiger partial charge on any atom is 0.419 e. The van der Waals surface area contributed by atoms with Gasteiger partial charge in [0.1, 0.15) is 5.69 Å². The van der Waals surface area contributed by atoms with Gasteiger partial charge in [0.2, 0.25) is 11.6 Å². The number of aryl methyl sites for hydroxylation is 2. The number of nitrogens with zero attached hydrogens (tertiary/aromatic N) is 4. The summed E-state index contributed by atoms with van der Waals surface area (Å²) in [5.41, 5.74) is 1.54. The topological polar surface area (TPSA) is 68.6 Å². The highest BCUT2D eigenvalue weighted by atomic mass is 19.4. The molecule has 0 bridgehead atoms. The molecule has 0 N–H and O–H groups in total. The van der Waals surface area contributed by atoms with Crippen LogP contribution < -0.4 is 0 Å². The molecule has 0 aliphatic carbocycles. The highest BCUT2D eigenvalue weighted by Crippen LogP contribution is 2.28. The van der Waals surface area contributed by atoms with Crippen LogP contribution in [0, 0.1) is 13.8 Å². The van der Waals surface area contributed by atoms with E-state index in [1.54, 1.807) is 31.3 Å². The van der Waals surface area contributed by atoms with Gasteiger partial charge in [-0.1, -0.05) is 6.07 Å². The third-order valence-corrected chi connectivity index (χ3v) is 3.62. The Bertz CT molecular complexity index is 952. The fraction of sp³-hybridized carbons (Fsp3) is 0.167. The van der Waals surface area contributed by atoms with Crippen molar-refractivity contribution in [1.82, 2.24) is 19.9 Å². The van der Waals surface area contributed by atoms with Gasteiger partial charge in [0.05, 0.1) is 11.3 Å². The average Bonchev–Trinajstić information content (AvgIpc) is 2.61. The van der Waals surface area contributed by atoms with E-state index in [9.17, 15) is 18.0 Å². The second-order valence-corrected chi connectivity index (χ2v) is 5.69. The van der Waals surface area contributed by atoms with Crippen molar-refractivity contribution in [1.29, 1.82) is 0 Å². The van der Waals surface area contributed by atoms with E-state index >= 15 is 0 Å². The molecular weight excluding hydrogens is 345 g/mol. The van der Waals surface area contributed by atoms with Gasteiger partial charge in [-0.25, -0.2) is 15.0 Å². The highest BCUT2D eigenvalue weighted by molar-refractivity contribution is 6.09. The number of hydrogen-bond acceptors (Lipinski definition) is 5. The Kier molecular flexibility index (Phi) is 4.50. The van der Waals surface area contributed by atoms with Crippen molar-refractivity contribution in [3.63, 3.8) is 0 Å². The van der Waals surface area contributed by atoms with Gasteiger partial charge in [-0.15, -0.1) is 0 Å². The molecule has 5 nitrogen and oxygen atoms in total. The van der Waals surface area contributed by atoms with Crippen LogP contribution in [0.2, 0.25) is 0 Å². The summed E-state index contributed by atoms with van der Waals surface area (Å²) in [7, 11) is 0. The van der Waals surface area contributed by atoms with Crippen molar-refractivity contribution in [2.24, 2.45) is 0 Å². The normalized spacial score (nSPS) is 11.4. The minimum absolute atomic E-state index is 0.0427. The number of alkyl halides is 3. The van der Waals surface area contributed by atoms with Crippen molar-refractivity contribution in [2.45, 2.75) is 20.0 Å². The van der Waals surface area contributed by atoms with Crippen LogP contribution in [-0.4, -0.2) is 25.7 Å². The number of halogens is 3. The first-order chi connectivity index (χ1) is 12.3. The second-order valence-electron chi connectivity index (χ2n) is 5.69. The van der Waals surface area contributed by atoms with Gasteiger partial charge in [0.25, 0.3) is 0 Å². The maximum atomic E-state index is 12.7. The van der Waals surface area contributed by atoms with E-state index < -0.39 is 17.5 Å². The third kappa shape index (κ3) is 3.58. The number of aromatic nitrogens is 4. The number of ketones is 1. The Morgan fingerprint density at radius 2 is 1.62 bits per heavy atom. The van der Waals surface area contributed by atoms with Crippen molar-refractivity contribution in [3.05, 3.63) is 71.2 Å². The monoisotopic (exact) mass is 358 g/mol. The van der Waals surface area contributed by atoms with Crippen LogP contribution in [0.15, 0.2) is 42.9 Å². The van der Waals surface area contributed by atoms with Gasteiger partial charge in [-0.3, -0.25) is 9.78 Å². The van der Waals surface area contributed by atoms with Gasteiger partial charge < -0.3 is 0 Å². The van der Waals surface area contributed by atoms with Gasteiger partial charge in [-0.2, -0.15) is 13.2 Å². The lowest BCUT2D eigenvalue weighted by molar-refractivity contribution is -0.138. The zero-order chi connectivity index (χ0) is 18.9. The Morgan fingerprint density at radius 1 is 0.923 bits per heavy atom. The fourth-order valence-electron chi connectivity index (χ4n) is 2.26. The molecule has 3 rings (SSSR count). The van der Waals surface area contributed by atoms with E-state index in [-0.39, 0.29) is 11.5 Å². The molecule has 0 fully saturated rings.